The number of unbranched alkanes of at least 4 members (excludes halogenated alkanes) is 8. The van der Waals surface area contributed by atoms with Crippen molar-refractivity contribution in [3.05, 3.63) is 34.6 Å². The second-order valence-corrected chi connectivity index (χ2v) is 6.24. The highest BCUT2D eigenvalue weighted by atomic mass is 35.5. The summed E-state index contributed by atoms with van der Waals surface area (Å²) in [5, 5.41) is 10.4. The average molecular weight is 315 g/mol. The molecule has 0 aliphatic heterocycles. The zero-order valence-electron chi connectivity index (χ0n) is 13.1. The van der Waals surface area contributed by atoms with Crippen LogP contribution < -0.4 is 0 Å². The lowest BCUT2D eigenvalue weighted by atomic mass is 10.0. The second-order valence-electron chi connectivity index (χ2n) is 5.80. The fourth-order valence-corrected chi connectivity index (χ4v) is 2.73. The fraction of sp³-hybridized carbons (Fsp3) is 0.667. The minimum absolute atomic E-state index is 0.360. The third-order valence-corrected chi connectivity index (χ3v) is 4.14. The molecule has 1 rings (SSSR count). The Labute approximate surface area is 133 Å². The van der Waals surface area contributed by atoms with Gasteiger partial charge in [0, 0.05) is 10.6 Å². The van der Waals surface area contributed by atoms with E-state index in [1.54, 1.807) is 12.1 Å². The Balaban J connectivity index is 2.09. The summed E-state index contributed by atoms with van der Waals surface area (Å²) in [5.41, 5.74) is 0.360. The minimum Gasteiger partial charge on any atom is -0.388 e. The number of hydrogen-bond donors (Lipinski definition) is 1. The molecule has 0 aliphatic carbocycles. The minimum atomic E-state index is -0.716. The standard InChI is InChI=1S/C18H28ClFO/c1-2-3-4-5-6-7-8-9-10-11-18(21)16-13-12-15(19)14-17(16)20/h12-14,18,21H,2-11H2,1H3. The van der Waals surface area contributed by atoms with Crippen LogP contribution >= 0.6 is 11.6 Å². The predicted octanol–water partition coefficient (Wildman–Crippen LogP) is 6.43. The maximum Gasteiger partial charge on any atom is 0.130 e. The van der Waals surface area contributed by atoms with Crippen LogP contribution in [0.5, 0.6) is 0 Å². The Hall–Kier alpha value is -0.600. The van der Waals surface area contributed by atoms with E-state index in [9.17, 15) is 9.50 Å². The van der Waals surface area contributed by atoms with Gasteiger partial charge in [0.1, 0.15) is 5.82 Å². The molecule has 0 aromatic heterocycles. The molecule has 3 heteroatoms. The fourth-order valence-electron chi connectivity index (χ4n) is 2.58. The first kappa shape index (κ1) is 18.4. The van der Waals surface area contributed by atoms with E-state index < -0.39 is 11.9 Å². The van der Waals surface area contributed by atoms with E-state index in [4.69, 9.17) is 11.6 Å². The normalized spacial score (nSPS) is 12.6. The van der Waals surface area contributed by atoms with Crippen molar-refractivity contribution in [2.24, 2.45) is 0 Å². The molecule has 0 amide bonds. The van der Waals surface area contributed by atoms with Crippen LogP contribution in [-0.4, -0.2) is 5.11 Å². The molecule has 0 saturated heterocycles. The molecule has 0 radical (unpaired) electrons. The largest absolute Gasteiger partial charge is 0.388 e. The number of aliphatic hydroxyl groups is 1. The van der Waals surface area contributed by atoms with Gasteiger partial charge in [-0.15, -0.1) is 0 Å². The van der Waals surface area contributed by atoms with Crippen molar-refractivity contribution in [2.45, 2.75) is 77.2 Å². The summed E-state index contributed by atoms with van der Waals surface area (Å²) in [5.74, 6) is -0.411. The molecular formula is C18H28ClFO. The summed E-state index contributed by atoms with van der Waals surface area (Å²) < 4.78 is 13.6. The van der Waals surface area contributed by atoms with Crippen molar-refractivity contribution in [1.29, 1.82) is 0 Å². The summed E-state index contributed by atoms with van der Waals surface area (Å²) in [4.78, 5) is 0. The van der Waals surface area contributed by atoms with Crippen LogP contribution in [0, 0.1) is 5.82 Å². The molecule has 1 aromatic rings. The van der Waals surface area contributed by atoms with Crippen molar-refractivity contribution in [1.82, 2.24) is 0 Å². The van der Waals surface area contributed by atoms with Gasteiger partial charge < -0.3 is 5.11 Å². The molecule has 1 atom stereocenters. The van der Waals surface area contributed by atoms with E-state index in [0.29, 0.717) is 17.0 Å². The summed E-state index contributed by atoms with van der Waals surface area (Å²) in [6.07, 6.45) is 11.1. The van der Waals surface area contributed by atoms with Crippen LogP contribution in [-0.2, 0) is 0 Å². The molecule has 1 unspecified atom stereocenters. The lowest BCUT2D eigenvalue weighted by Crippen LogP contribution is -2.00. The van der Waals surface area contributed by atoms with Gasteiger partial charge in [-0.1, -0.05) is 82.4 Å². The first-order valence-electron chi connectivity index (χ1n) is 8.28. The van der Waals surface area contributed by atoms with E-state index >= 15 is 0 Å². The topological polar surface area (TPSA) is 20.2 Å². The van der Waals surface area contributed by atoms with Gasteiger partial charge >= 0.3 is 0 Å². The smallest absolute Gasteiger partial charge is 0.130 e. The Morgan fingerprint density at radius 1 is 1.00 bits per heavy atom. The van der Waals surface area contributed by atoms with Crippen molar-refractivity contribution < 1.29 is 9.50 Å². The molecule has 1 N–H and O–H groups in total. The summed E-state index contributed by atoms with van der Waals surface area (Å²) >= 11 is 5.71. The summed E-state index contributed by atoms with van der Waals surface area (Å²) in [6, 6.07) is 4.46. The highest BCUT2D eigenvalue weighted by Gasteiger charge is 2.12. The molecule has 0 fully saturated rings. The third kappa shape index (κ3) is 7.82. The van der Waals surface area contributed by atoms with Crippen molar-refractivity contribution in [2.75, 3.05) is 0 Å². The monoisotopic (exact) mass is 314 g/mol. The Bertz CT molecular complexity index is 395. The highest BCUT2D eigenvalue weighted by molar-refractivity contribution is 6.30. The van der Waals surface area contributed by atoms with Crippen LogP contribution in [0.4, 0.5) is 4.39 Å². The lowest BCUT2D eigenvalue weighted by Gasteiger charge is -2.12. The lowest BCUT2D eigenvalue weighted by molar-refractivity contribution is 0.159. The number of rotatable bonds is 11. The van der Waals surface area contributed by atoms with Gasteiger partial charge in [0.05, 0.1) is 6.10 Å². The van der Waals surface area contributed by atoms with Gasteiger partial charge in [-0.05, 0) is 18.6 Å². The van der Waals surface area contributed by atoms with Crippen molar-refractivity contribution in [3.63, 3.8) is 0 Å². The molecular weight excluding hydrogens is 287 g/mol. The SMILES string of the molecule is CCCCCCCCCCCC(O)c1ccc(Cl)cc1F. The van der Waals surface area contributed by atoms with Gasteiger partial charge in [0.2, 0.25) is 0 Å². The van der Waals surface area contributed by atoms with Crippen molar-refractivity contribution >= 4 is 11.6 Å². The Kier molecular flexibility index (Phi) is 9.69. The van der Waals surface area contributed by atoms with E-state index in [1.165, 1.54) is 51.0 Å². The Morgan fingerprint density at radius 2 is 1.57 bits per heavy atom. The second kappa shape index (κ2) is 11.0. The van der Waals surface area contributed by atoms with Gasteiger partial charge in [-0.25, -0.2) is 4.39 Å². The highest BCUT2D eigenvalue weighted by Crippen LogP contribution is 2.25. The zero-order chi connectivity index (χ0) is 15.5. The maximum atomic E-state index is 13.6. The third-order valence-electron chi connectivity index (χ3n) is 3.90. The molecule has 0 saturated carbocycles. The van der Waals surface area contributed by atoms with E-state index in [1.807, 2.05) is 0 Å². The molecule has 0 spiro atoms. The van der Waals surface area contributed by atoms with E-state index in [0.717, 1.165) is 12.8 Å². The molecule has 0 heterocycles. The van der Waals surface area contributed by atoms with Crippen LogP contribution in [0.1, 0.15) is 82.8 Å². The van der Waals surface area contributed by atoms with Gasteiger partial charge in [-0.3, -0.25) is 0 Å². The van der Waals surface area contributed by atoms with Gasteiger partial charge in [0.25, 0.3) is 0 Å². The number of halogens is 2. The molecule has 21 heavy (non-hydrogen) atoms. The maximum absolute atomic E-state index is 13.6. The van der Waals surface area contributed by atoms with Crippen LogP contribution in [0.3, 0.4) is 0 Å². The Morgan fingerprint density at radius 3 is 2.14 bits per heavy atom. The van der Waals surface area contributed by atoms with Crippen molar-refractivity contribution in [3.8, 4) is 0 Å². The first-order valence-corrected chi connectivity index (χ1v) is 8.66. The quantitative estimate of drug-likeness (QED) is 0.466. The first-order chi connectivity index (χ1) is 10.1. The van der Waals surface area contributed by atoms with Gasteiger partial charge in [0.15, 0.2) is 0 Å². The molecule has 0 aliphatic rings. The van der Waals surface area contributed by atoms with Crippen LogP contribution in [0.2, 0.25) is 5.02 Å². The van der Waals surface area contributed by atoms with Crippen LogP contribution in [0.25, 0.3) is 0 Å². The van der Waals surface area contributed by atoms with Gasteiger partial charge in [-0.2, -0.15) is 0 Å². The predicted molar refractivity (Wildman–Crippen MR) is 88.2 cm³/mol. The molecule has 1 nitrogen and oxygen atoms in total. The van der Waals surface area contributed by atoms with Crippen LogP contribution in [0.15, 0.2) is 18.2 Å². The zero-order valence-corrected chi connectivity index (χ0v) is 13.8. The number of aliphatic hydroxyl groups excluding tert-OH is 1. The molecule has 1 aromatic carbocycles. The molecule has 120 valence electrons. The van der Waals surface area contributed by atoms with E-state index in [2.05, 4.69) is 6.92 Å². The number of benzene rings is 1. The molecule has 0 bridgehead atoms. The average Bonchev–Trinajstić information content (AvgIpc) is 2.45. The summed E-state index contributed by atoms with van der Waals surface area (Å²) in [7, 11) is 0. The number of hydrogen-bond acceptors (Lipinski definition) is 1. The van der Waals surface area contributed by atoms with E-state index in [-0.39, 0.29) is 0 Å². The summed E-state index contributed by atoms with van der Waals surface area (Å²) in [6.45, 7) is 2.23.